The number of benzene rings is 2. The normalized spacial score (nSPS) is 20.0. The van der Waals surface area contributed by atoms with Crippen LogP contribution in [0.25, 0.3) is 0 Å². The average Bonchev–Trinajstić information content (AvgIpc) is 3.16. The molecule has 1 heterocycles. The SMILES string of the molecule is Cc1n[nH]c(C)c1CC(=O)NC1CC(c2ccc(C(F)(C(F)(F)F)C(F)(F)F)cc2)(S(=O)(=O)c2ccc(F)cc2)C1. The van der Waals surface area contributed by atoms with Crippen LogP contribution in [-0.4, -0.2) is 42.9 Å². The predicted octanol–water partition coefficient (Wildman–Crippen LogP) is 5.65. The molecule has 1 aliphatic carbocycles. The Hall–Kier alpha value is -3.49. The van der Waals surface area contributed by atoms with Crippen molar-refractivity contribution in [1.29, 1.82) is 0 Å². The Labute approximate surface area is 229 Å². The van der Waals surface area contributed by atoms with Crippen LogP contribution in [-0.2, 0) is 31.5 Å². The molecule has 0 radical (unpaired) electrons. The standard InChI is InChI=1S/C26H23F8N3O3S/c1-14-21(15(2)37-36-14)11-22(38)35-19-12-23(13-19,41(39,40)20-9-7-18(27)8-10-20)16-3-5-17(6-4-16)24(28,25(29,30)31)26(32,33)34/h3-10,19H,11-13H2,1-2H3,(H,35,38)(H,36,37). The van der Waals surface area contributed by atoms with Crippen molar-refractivity contribution in [3.05, 3.63) is 82.4 Å². The largest absolute Gasteiger partial charge is 0.435 e. The number of amides is 1. The lowest BCUT2D eigenvalue weighted by Gasteiger charge is -2.47. The third-order valence-corrected chi connectivity index (χ3v) is 9.85. The fraction of sp³-hybridized carbons (Fsp3) is 0.385. The lowest BCUT2D eigenvalue weighted by Crippen LogP contribution is -2.57. The van der Waals surface area contributed by atoms with Crippen molar-refractivity contribution >= 4 is 15.7 Å². The van der Waals surface area contributed by atoms with Gasteiger partial charge in [0, 0.05) is 22.9 Å². The number of rotatable bonds is 7. The topological polar surface area (TPSA) is 91.9 Å². The van der Waals surface area contributed by atoms with Gasteiger partial charge in [-0.25, -0.2) is 17.2 Å². The molecule has 41 heavy (non-hydrogen) atoms. The van der Waals surface area contributed by atoms with Gasteiger partial charge in [0.2, 0.25) is 5.91 Å². The summed E-state index contributed by atoms with van der Waals surface area (Å²) < 4.78 is 133. The zero-order valence-electron chi connectivity index (χ0n) is 21.4. The Bertz CT molecular complexity index is 1510. The minimum absolute atomic E-state index is 0.0788. The predicted molar refractivity (Wildman–Crippen MR) is 130 cm³/mol. The third kappa shape index (κ3) is 5.08. The van der Waals surface area contributed by atoms with Gasteiger partial charge in [-0.05, 0) is 56.5 Å². The molecule has 0 unspecified atom stereocenters. The summed E-state index contributed by atoms with van der Waals surface area (Å²) in [5, 5.41) is 9.40. The lowest BCUT2D eigenvalue weighted by molar-refractivity contribution is -0.348. The van der Waals surface area contributed by atoms with Gasteiger partial charge in [-0.1, -0.05) is 24.3 Å². The zero-order valence-corrected chi connectivity index (χ0v) is 22.2. The van der Waals surface area contributed by atoms with Crippen molar-refractivity contribution in [3.63, 3.8) is 0 Å². The number of aromatic amines is 1. The van der Waals surface area contributed by atoms with E-state index in [1.54, 1.807) is 13.8 Å². The molecule has 2 aromatic carbocycles. The van der Waals surface area contributed by atoms with E-state index in [0.717, 1.165) is 24.3 Å². The number of halogens is 8. The second kappa shape index (κ2) is 10.1. The minimum atomic E-state index is -6.35. The van der Waals surface area contributed by atoms with E-state index in [9.17, 15) is 48.3 Å². The van der Waals surface area contributed by atoms with Crippen molar-refractivity contribution in [1.82, 2.24) is 15.5 Å². The smallest absolute Gasteiger partial charge is 0.353 e. The number of carbonyl (C=O) groups excluding carboxylic acids is 1. The summed E-state index contributed by atoms with van der Waals surface area (Å²) in [5.41, 5.74) is -5.81. The number of nitrogens with zero attached hydrogens (tertiary/aromatic N) is 1. The molecule has 0 bridgehead atoms. The molecule has 222 valence electrons. The average molecular weight is 610 g/mol. The van der Waals surface area contributed by atoms with E-state index >= 15 is 0 Å². The summed E-state index contributed by atoms with van der Waals surface area (Å²) in [6.45, 7) is 3.39. The first kappa shape index (κ1) is 30.5. The number of nitrogens with one attached hydrogen (secondary N) is 2. The summed E-state index contributed by atoms with van der Waals surface area (Å²) in [7, 11) is -4.44. The first-order chi connectivity index (χ1) is 18.8. The van der Waals surface area contributed by atoms with Gasteiger partial charge in [0.1, 0.15) is 10.6 Å². The second-order valence-electron chi connectivity index (χ2n) is 9.95. The van der Waals surface area contributed by atoms with E-state index in [2.05, 4.69) is 15.5 Å². The maximum Gasteiger partial charge on any atom is 0.435 e. The number of carbonyl (C=O) groups is 1. The molecule has 0 aliphatic heterocycles. The Morgan fingerprint density at radius 2 is 1.49 bits per heavy atom. The van der Waals surface area contributed by atoms with Gasteiger partial charge in [-0.3, -0.25) is 9.89 Å². The van der Waals surface area contributed by atoms with E-state index in [1.807, 2.05) is 0 Å². The van der Waals surface area contributed by atoms with Gasteiger partial charge in [0.15, 0.2) is 9.84 Å². The fourth-order valence-electron chi connectivity index (χ4n) is 5.05. The van der Waals surface area contributed by atoms with Gasteiger partial charge in [-0.15, -0.1) is 0 Å². The maximum atomic E-state index is 14.6. The van der Waals surface area contributed by atoms with Crippen LogP contribution in [0.15, 0.2) is 53.4 Å². The number of aromatic nitrogens is 2. The van der Waals surface area contributed by atoms with Crippen molar-refractivity contribution in [2.45, 2.75) is 66.8 Å². The molecule has 4 rings (SSSR count). The van der Waals surface area contributed by atoms with Gasteiger partial charge < -0.3 is 5.32 Å². The minimum Gasteiger partial charge on any atom is -0.353 e. The first-order valence-corrected chi connectivity index (χ1v) is 13.6. The molecule has 15 heteroatoms. The zero-order chi connectivity index (χ0) is 30.6. The monoisotopic (exact) mass is 609 g/mol. The highest BCUT2D eigenvalue weighted by Gasteiger charge is 2.73. The summed E-state index contributed by atoms with van der Waals surface area (Å²) in [6.07, 6.45) is -13.4. The molecule has 0 spiro atoms. The van der Waals surface area contributed by atoms with Crippen LogP contribution >= 0.6 is 0 Å². The van der Waals surface area contributed by atoms with E-state index in [4.69, 9.17) is 0 Å². The molecule has 3 aromatic rings. The second-order valence-corrected chi connectivity index (χ2v) is 12.2. The molecule has 1 aromatic heterocycles. The molecule has 0 saturated heterocycles. The quantitative estimate of drug-likeness (QED) is 0.268. The van der Waals surface area contributed by atoms with Crippen molar-refractivity contribution in [2.75, 3.05) is 0 Å². The molecule has 1 amide bonds. The summed E-state index contributed by atoms with van der Waals surface area (Å²) in [6, 6.07) is 4.83. The van der Waals surface area contributed by atoms with Crippen molar-refractivity contribution in [3.8, 4) is 0 Å². The first-order valence-electron chi connectivity index (χ1n) is 12.1. The molecule has 6 nitrogen and oxygen atoms in total. The number of hydrogen-bond donors (Lipinski definition) is 2. The van der Waals surface area contributed by atoms with E-state index in [0.29, 0.717) is 29.1 Å². The number of H-pyrrole nitrogens is 1. The number of hydrogen-bond acceptors (Lipinski definition) is 4. The van der Waals surface area contributed by atoms with Gasteiger partial charge in [0.25, 0.3) is 0 Å². The fourth-order valence-corrected chi connectivity index (χ4v) is 7.29. The van der Waals surface area contributed by atoms with Crippen LogP contribution in [0.4, 0.5) is 35.1 Å². The number of aryl methyl sites for hydroxylation is 2. The molecule has 1 saturated carbocycles. The van der Waals surface area contributed by atoms with Crippen LogP contribution < -0.4 is 5.32 Å². The molecule has 2 N–H and O–H groups in total. The Balaban J connectivity index is 1.69. The summed E-state index contributed by atoms with van der Waals surface area (Å²) in [4.78, 5) is 12.3. The molecule has 1 aliphatic rings. The highest BCUT2D eigenvalue weighted by Crippen LogP contribution is 2.55. The van der Waals surface area contributed by atoms with Crippen LogP contribution in [0.2, 0.25) is 0 Å². The number of alkyl halides is 7. The molecular formula is C26H23F8N3O3S. The van der Waals surface area contributed by atoms with Crippen molar-refractivity contribution in [2.24, 2.45) is 0 Å². The highest BCUT2D eigenvalue weighted by molar-refractivity contribution is 7.92. The maximum absolute atomic E-state index is 14.6. The van der Waals surface area contributed by atoms with Crippen molar-refractivity contribution < 1.29 is 48.3 Å². The van der Waals surface area contributed by atoms with Crippen LogP contribution in [0.1, 0.15) is 40.9 Å². The molecule has 0 atom stereocenters. The summed E-state index contributed by atoms with van der Waals surface area (Å²) in [5.74, 6) is -1.21. The Morgan fingerprint density at radius 3 is 1.95 bits per heavy atom. The summed E-state index contributed by atoms with van der Waals surface area (Å²) >= 11 is 0. The van der Waals surface area contributed by atoms with Crippen LogP contribution in [0, 0.1) is 19.7 Å². The molecule has 1 fully saturated rings. The van der Waals surface area contributed by atoms with E-state index in [-0.39, 0.29) is 41.9 Å². The van der Waals surface area contributed by atoms with Gasteiger partial charge in [0.05, 0.1) is 17.0 Å². The van der Waals surface area contributed by atoms with Gasteiger partial charge >= 0.3 is 18.0 Å². The Morgan fingerprint density at radius 1 is 0.951 bits per heavy atom. The van der Waals surface area contributed by atoms with Crippen LogP contribution in [0.5, 0.6) is 0 Å². The molecular weight excluding hydrogens is 586 g/mol. The highest BCUT2D eigenvalue weighted by atomic mass is 32.2. The third-order valence-electron chi connectivity index (χ3n) is 7.36. The van der Waals surface area contributed by atoms with Crippen LogP contribution in [0.3, 0.4) is 0 Å². The lowest BCUT2D eigenvalue weighted by atomic mass is 9.74. The Kier molecular flexibility index (Phi) is 7.51. The van der Waals surface area contributed by atoms with E-state index in [1.165, 1.54) is 0 Å². The van der Waals surface area contributed by atoms with E-state index < -0.39 is 55.9 Å². The van der Waals surface area contributed by atoms with Gasteiger partial charge in [-0.2, -0.15) is 31.4 Å². The number of sulfone groups is 1.